The fourth-order valence-corrected chi connectivity index (χ4v) is 5.79. The highest BCUT2D eigenvalue weighted by molar-refractivity contribution is 6.11. The van der Waals surface area contributed by atoms with Crippen LogP contribution in [0.5, 0.6) is 0 Å². The van der Waals surface area contributed by atoms with Crippen molar-refractivity contribution in [2.24, 2.45) is 0 Å². The van der Waals surface area contributed by atoms with Crippen LogP contribution < -0.4 is 0 Å². The van der Waals surface area contributed by atoms with Crippen LogP contribution in [-0.2, 0) is 0 Å². The molecule has 4 heteroatoms. The molecule has 0 saturated carbocycles. The summed E-state index contributed by atoms with van der Waals surface area (Å²) in [6.45, 7) is 0. The lowest BCUT2D eigenvalue weighted by atomic mass is 10.1. The number of nitrogens with zero attached hydrogens (tertiary/aromatic N) is 4. The molecule has 0 spiro atoms. The summed E-state index contributed by atoms with van der Waals surface area (Å²) in [6.07, 6.45) is 0. The predicted molar refractivity (Wildman–Crippen MR) is 164 cm³/mol. The van der Waals surface area contributed by atoms with Gasteiger partial charge in [0.1, 0.15) is 0 Å². The third-order valence-corrected chi connectivity index (χ3v) is 7.60. The fourth-order valence-electron chi connectivity index (χ4n) is 5.79. The largest absolute Gasteiger partial charge is 0.309 e. The highest BCUT2D eigenvalue weighted by Crippen LogP contribution is 2.37. The molecule has 0 N–H and O–H groups in total. The van der Waals surface area contributed by atoms with Gasteiger partial charge in [-0.2, -0.15) is 0 Å². The first-order chi connectivity index (χ1) is 19.9. The van der Waals surface area contributed by atoms with Crippen molar-refractivity contribution in [1.82, 2.24) is 19.3 Å². The van der Waals surface area contributed by atoms with Gasteiger partial charge in [-0.3, -0.25) is 0 Å². The van der Waals surface area contributed by atoms with E-state index in [9.17, 15) is 0 Å². The first-order valence-electron chi connectivity index (χ1n) is 13.5. The van der Waals surface area contributed by atoms with Crippen molar-refractivity contribution in [2.45, 2.75) is 0 Å². The van der Waals surface area contributed by atoms with Gasteiger partial charge >= 0.3 is 0 Å². The molecule has 8 rings (SSSR count). The highest BCUT2D eigenvalue weighted by atomic mass is 15.4. The molecule has 0 aliphatic heterocycles. The Hall–Kier alpha value is -5.48. The van der Waals surface area contributed by atoms with E-state index in [0.29, 0.717) is 5.82 Å². The minimum atomic E-state index is 0.704. The second-order valence-electron chi connectivity index (χ2n) is 9.92. The normalized spacial score (nSPS) is 11.5. The Morgan fingerprint density at radius 3 is 1.50 bits per heavy atom. The molecule has 0 fully saturated rings. The Kier molecular flexibility index (Phi) is 5.10. The molecule has 40 heavy (non-hydrogen) atoms. The number of para-hydroxylation sites is 2. The third-order valence-electron chi connectivity index (χ3n) is 7.60. The zero-order valence-electron chi connectivity index (χ0n) is 21.6. The minimum absolute atomic E-state index is 0.704. The van der Waals surface area contributed by atoms with Crippen LogP contribution in [-0.4, -0.2) is 19.3 Å². The molecule has 6 aromatic carbocycles. The van der Waals surface area contributed by atoms with Crippen LogP contribution in [0, 0.1) is 0 Å². The van der Waals surface area contributed by atoms with Crippen LogP contribution in [0.15, 0.2) is 146 Å². The Labute approximate surface area is 231 Å². The van der Waals surface area contributed by atoms with E-state index < -0.39 is 0 Å². The van der Waals surface area contributed by atoms with E-state index >= 15 is 0 Å². The van der Waals surface area contributed by atoms with Crippen LogP contribution in [0.4, 0.5) is 0 Å². The average Bonchev–Trinajstić information content (AvgIpc) is 3.62. The molecule has 2 heterocycles. The van der Waals surface area contributed by atoms with Gasteiger partial charge in [0.2, 0.25) is 0 Å². The minimum Gasteiger partial charge on any atom is -0.309 e. The summed E-state index contributed by atoms with van der Waals surface area (Å²) in [5, 5.41) is 9.84. The summed E-state index contributed by atoms with van der Waals surface area (Å²) < 4.78 is 4.38. The van der Waals surface area contributed by atoms with E-state index in [2.05, 4.69) is 114 Å². The zero-order valence-corrected chi connectivity index (χ0v) is 21.6. The molecular weight excluding hydrogens is 488 g/mol. The van der Waals surface area contributed by atoms with Gasteiger partial charge in [0.15, 0.2) is 11.6 Å². The molecule has 2 aromatic heterocycles. The first-order valence-corrected chi connectivity index (χ1v) is 13.5. The van der Waals surface area contributed by atoms with Crippen LogP contribution >= 0.6 is 0 Å². The van der Waals surface area contributed by atoms with Gasteiger partial charge < -0.3 is 4.57 Å². The Bertz CT molecular complexity index is 2100. The van der Waals surface area contributed by atoms with E-state index in [1.165, 1.54) is 21.8 Å². The van der Waals surface area contributed by atoms with E-state index in [4.69, 9.17) is 10.1 Å². The topological polar surface area (TPSA) is 35.6 Å². The van der Waals surface area contributed by atoms with Crippen LogP contribution in [0.1, 0.15) is 0 Å². The van der Waals surface area contributed by atoms with Crippen molar-refractivity contribution in [2.75, 3.05) is 0 Å². The van der Waals surface area contributed by atoms with Crippen molar-refractivity contribution in [3.8, 4) is 34.2 Å². The van der Waals surface area contributed by atoms with Crippen LogP contribution in [0.25, 0.3) is 66.7 Å². The summed E-state index contributed by atoms with van der Waals surface area (Å²) in [5.41, 5.74) is 6.53. The summed E-state index contributed by atoms with van der Waals surface area (Å²) in [7, 11) is 0. The monoisotopic (exact) mass is 512 g/mol. The summed E-state index contributed by atoms with van der Waals surface area (Å²) in [5.74, 6) is 1.52. The molecule has 188 valence electrons. The van der Waals surface area contributed by atoms with Gasteiger partial charge in [0.25, 0.3) is 0 Å². The van der Waals surface area contributed by atoms with Gasteiger partial charge in [0.05, 0.1) is 22.4 Å². The highest BCUT2D eigenvalue weighted by Gasteiger charge is 2.19. The van der Waals surface area contributed by atoms with Crippen molar-refractivity contribution in [3.63, 3.8) is 0 Å². The Morgan fingerprint density at radius 1 is 0.400 bits per heavy atom. The summed E-state index contributed by atoms with van der Waals surface area (Å²) >= 11 is 0. The molecule has 0 amide bonds. The Balaban J connectivity index is 1.41. The van der Waals surface area contributed by atoms with Gasteiger partial charge in [-0.15, -0.1) is 5.10 Å². The fraction of sp³-hybridized carbons (Fsp3) is 0. The van der Waals surface area contributed by atoms with Crippen LogP contribution in [0.3, 0.4) is 0 Å². The maximum Gasteiger partial charge on any atom is 0.182 e. The molecule has 0 radical (unpaired) electrons. The number of fused-ring (bicyclic) bond motifs is 4. The average molecular weight is 513 g/mol. The molecule has 0 aliphatic carbocycles. The lowest BCUT2D eigenvalue weighted by Crippen LogP contribution is -2.03. The second-order valence-corrected chi connectivity index (χ2v) is 9.92. The number of benzene rings is 6. The third kappa shape index (κ3) is 3.47. The summed E-state index contributed by atoms with van der Waals surface area (Å²) in [4.78, 5) is 5.03. The molecule has 0 saturated heterocycles. The van der Waals surface area contributed by atoms with E-state index in [0.717, 1.165) is 39.1 Å². The van der Waals surface area contributed by atoms with E-state index in [1.807, 2.05) is 41.1 Å². The first kappa shape index (κ1) is 22.5. The van der Waals surface area contributed by atoms with Crippen molar-refractivity contribution >= 4 is 32.6 Å². The quantitative estimate of drug-likeness (QED) is 0.236. The van der Waals surface area contributed by atoms with Crippen molar-refractivity contribution in [1.29, 1.82) is 0 Å². The SMILES string of the molecule is c1ccc(-c2nc(-c3ccccc3)n(-c3ccc(-n4c5ccccc5c5ccccc54)c4ccccc34)n2)cc1. The van der Waals surface area contributed by atoms with Gasteiger partial charge in [-0.05, 0) is 24.3 Å². The molecule has 0 unspecified atom stereocenters. The number of hydrogen-bond acceptors (Lipinski definition) is 2. The van der Waals surface area contributed by atoms with E-state index in [-0.39, 0.29) is 0 Å². The maximum atomic E-state index is 5.07. The van der Waals surface area contributed by atoms with Gasteiger partial charge in [0, 0.05) is 32.7 Å². The molecule has 0 bridgehead atoms. The van der Waals surface area contributed by atoms with E-state index in [1.54, 1.807) is 0 Å². The Morgan fingerprint density at radius 2 is 0.875 bits per heavy atom. The second kappa shape index (κ2) is 9.07. The predicted octanol–water partition coefficient (Wildman–Crippen LogP) is 8.85. The van der Waals surface area contributed by atoms with Crippen molar-refractivity contribution < 1.29 is 0 Å². The maximum absolute atomic E-state index is 5.07. The molecular formula is C36H24N4. The van der Waals surface area contributed by atoms with Crippen LogP contribution in [0.2, 0.25) is 0 Å². The smallest absolute Gasteiger partial charge is 0.182 e. The molecule has 0 aliphatic rings. The molecule has 8 aromatic rings. The standard InChI is InChI=1S/C36H24N4/c1-3-13-25(14-4-1)35-37-36(26-15-5-2-6-16-26)40(38-35)34-24-23-33(29-17-7-8-20-30(29)34)39-31-21-11-9-18-27(31)28-19-10-12-22-32(28)39/h1-24H. The number of hydrogen-bond donors (Lipinski definition) is 0. The molecule has 4 nitrogen and oxygen atoms in total. The number of aromatic nitrogens is 4. The van der Waals surface area contributed by atoms with Gasteiger partial charge in [-0.1, -0.05) is 121 Å². The lowest BCUT2D eigenvalue weighted by molar-refractivity contribution is 0.897. The zero-order chi connectivity index (χ0) is 26.5. The summed E-state index contributed by atoms with van der Waals surface area (Å²) in [6, 6.07) is 50.7. The van der Waals surface area contributed by atoms with Gasteiger partial charge in [-0.25, -0.2) is 9.67 Å². The van der Waals surface area contributed by atoms with Crippen molar-refractivity contribution in [3.05, 3.63) is 146 Å². The molecule has 0 atom stereocenters. The lowest BCUT2D eigenvalue weighted by Gasteiger charge is -2.15. The number of rotatable bonds is 4.